The molecule has 0 saturated carbocycles. The van der Waals surface area contributed by atoms with Gasteiger partial charge in [-0.2, -0.15) is 5.26 Å². The van der Waals surface area contributed by atoms with Gasteiger partial charge < -0.3 is 18.9 Å². The monoisotopic (exact) mass is 423 g/mol. The van der Waals surface area contributed by atoms with Crippen molar-refractivity contribution in [1.29, 1.82) is 5.26 Å². The number of benzene rings is 2. The maximum atomic E-state index is 9.46. The average molecular weight is 424 g/mol. The maximum Gasteiger partial charge on any atom is 0.143 e. The Bertz CT molecular complexity index is 1050. The summed E-state index contributed by atoms with van der Waals surface area (Å²) in [4.78, 5) is 2.49. The molecule has 0 unspecified atom stereocenters. The highest BCUT2D eigenvalue weighted by atomic mass is 35.5. The molecule has 5 nitrogen and oxygen atoms in total. The summed E-state index contributed by atoms with van der Waals surface area (Å²) < 4.78 is 13.8. The van der Waals surface area contributed by atoms with Crippen LogP contribution in [-0.2, 0) is 6.54 Å². The smallest absolute Gasteiger partial charge is 0.143 e. The molecule has 4 rings (SSSR count). The highest BCUT2D eigenvalue weighted by Crippen LogP contribution is 2.30. The first-order valence-corrected chi connectivity index (χ1v) is 10.8. The largest absolute Gasteiger partial charge is 0.495 e. The van der Waals surface area contributed by atoms with Crippen LogP contribution in [0.4, 0.5) is 0 Å². The first-order valence-electron chi connectivity index (χ1n) is 10.4. The molecule has 156 valence electrons. The molecule has 30 heavy (non-hydrogen) atoms. The number of nitriles is 1. The van der Waals surface area contributed by atoms with Crippen LogP contribution in [0, 0.1) is 11.3 Å². The van der Waals surface area contributed by atoms with Crippen LogP contribution >= 0.6 is 11.6 Å². The Hall–Kier alpha value is -2.68. The van der Waals surface area contributed by atoms with Gasteiger partial charge in [0.15, 0.2) is 0 Å². The summed E-state index contributed by atoms with van der Waals surface area (Å²) in [6.45, 7) is 3.95. The van der Waals surface area contributed by atoms with E-state index in [-0.39, 0.29) is 6.10 Å². The van der Waals surface area contributed by atoms with Gasteiger partial charge in [-0.1, -0.05) is 29.8 Å². The van der Waals surface area contributed by atoms with Crippen molar-refractivity contribution >= 4 is 22.5 Å². The summed E-state index contributed by atoms with van der Waals surface area (Å²) in [6, 6.07) is 15.8. The topological polar surface area (TPSA) is 50.4 Å². The van der Waals surface area contributed by atoms with Gasteiger partial charge in [-0.05, 0) is 50.1 Å². The standard InChI is InChI=1S/C24H26ClN3O2/c1-29-23-8-3-7-22-18(16-26)17-28(24(22)23)12-4-11-27-13-9-20(10-14-27)30-21-6-2-5-19(25)15-21/h2-3,5-8,15,17,20H,4,9-14H2,1H3. The lowest BCUT2D eigenvalue weighted by Gasteiger charge is -2.32. The minimum Gasteiger partial charge on any atom is -0.495 e. The molecule has 0 aliphatic carbocycles. The van der Waals surface area contributed by atoms with Crippen LogP contribution in [0.5, 0.6) is 11.5 Å². The van der Waals surface area contributed by atoms with E-state index in [2.05, 4.69) is 15.5 Å². The first-order chi connectivity index (χ1) is 14.7. The van der Waals surface area contributed by atoms with Gasteiger partial charge in [0.1, 0.15) is 23.7 Å². The zero-order valence-electron chi connectivity index (χ0n) is 17.2. The van der Waals surface area contributed by atoms with Crippen molar-refractivity contribution in [2.75, 3.05) is 26.7 Å². The van der Waals surface area contributed by atoms with Crippen molar-refractivity contribution in [3.63, 3.8) is 0 Å². The highest BCUT2D eigenvalue weighted by Gasteiger charge is 2.20. The van der Waals surface area contributed by atoms with Crippen molar-refractivity contribution in [3.05, 3.63) is 59.2 Å². The van der Waals surface area contributed by atoms with Gasteiger partial charge in [0.2, 0.25) is 0 Å². The van der Waals surface area contributed by atoms with E-state index in [4.69, 9.17) is 21.1 Å². The Morgan fingerprint density at radius 3 is 2.67 bits per heavy atom. The van der Waals surface area contributed by atoms with E-state index < -0.39 is 0 Å². The number of aryl methyl sites for hydroxylation is 1. The molecular formula is C24H26ClN3O2. The molecule has 0 atom stereocenters. The Labute approximate surface area is 182 Å². The number of aromatic nitrogens is 1. The molecule has 6 heteroatoms. The van der Waals surface area contributed by atoms with Crippen molar-refractivity contribution < 1.29 is 9.47 Å². The second-order valence-corrected chi connectivity index (χ2v) is 8.11. The predicted molar refractivity (Wildman–Crippen MR) is 119 cm³/mol. The zero-order valence-corrected chi connectivity index (χ0v) is 17.9. The molecule has 0 radical (unpaired) electrons. The van der Waals surface area contributed by atoms with Crippen LogP contribution in [0.2, 0.25) is 5.02 Å². The Kier molecular flexibility index (Phi) is 6.47. The number of piperidine rings is 1. The molecule has 3 aromatic rings. The molecule has 2 aromatic carbocycles. The fourth-order valence-corrected chi connectivity index (χ4v) is 4.38. The average Bonchev–Trinajstić information content (AvgIpc) is 3.13. The molecule has 2 heterocycles. The van der Waals surface area contributed by atoms with Gasteiger partial charge in [0, 0.05) is 36.2 Å². The number of hydrogen-bond acceptors (Lipinski definition) is 4. The number of methoxy groups -OCH3 is 1. The summed E-state index contributed by atoms with van der Waals surface area (Å²) in [7, 11) is 1.67. The van der Waals surface area contributed by atoms with Gasteiger partial charge in [0.05, 0.1) is 18.2 Å². The van der Waals surface area contributed by atoms with E-state index in [1.165, 1.54) is 0 Å². The summed E-state index contributed by atoms with van der Waals surface area (Å²) in [5, 5.41) is 11.1. The minimum absolute atomic E-state index is 0.246. The molecule has 1 aromatic heterocycles. The van der Waals surface area contributed by atoms with E-state index in [9.17, 15) is 5.26 Å². The third-order valence-electron chi connectivity index (χ3n) is 5.71. The Morgan fingerprint density at radius 1 is 1.13 bits per heavy atom. The number of likely N-dealkylation sites (tertiary alicyclic amines) is 1. The number of rotatable bonds is 7. The Morgan fingerprint density at radius 2 is 1.93 bits per heavy atom. The fourth-order valence-electron chi connectivity index (χ4n) is 4.20. The summed E-state index contributed by atoms with van der Waals surface area (Å²) >= 11 is 6.04. The van der Waals surface area contributed by atoms with Crippen LogP contribution in [0.15, 0.2) is 48.7 Å². The van der Waals surface area contributed by atoms with Gasteiger partial charge in [-0.15, -0.1) is 0 Å². The second-order valence-electron chi connectivity index (χ2n) is 7.67. The fraction of sp³-hybridized carbons (Fsp3) is 0.375. The molecule has 1 aliphatic rings. The van der Waals surface area contributed by atoms with Crippen LogP contribution in [0.1, 0.15) is 24.8 Å². The van der Waals surface area contributed by atoms with Crippen molar-refractivity contribution in [3.8, 4) is 17.6 Å². The number of para-hydroxylation sites is 1. The molecule has 1 saturated heterocycles. The molecular weight excluding hydrogens is 398 g/mol. The lowest BCUT2D eigenvalue weighted by atomic mass is 10.1. The number of fused-ring (bicyclic) bond motifs is 1. The normalized spacial score (nSPS) is 15.2. The molecule has 0 amide bonds. The third-order valence-corrected chi connectivity index (χ3v) is 5.94. The van der Waals surface area contributed by atoms with Crippen molar-refractivity contribution in [1.82, 2.24) is 9.47 Å². The van der Waals surface area contributed by atoms with Gasteiger partial charge in [-0.3, -0.25) is 0 Å². The summed E-state index contributed by atoms with van der Waals surface area (Å²) in [5.74, 6) is 1.66. The van der Waals surface area contributed by atoms with E-state index in [0.29, 0.717) is 10.6 Å². The number of hydrogen-bond donors (Lipinski definition) is 0. The third kappa shape index (κ3) is 4.56. The number of halogens is 1. The molecule has 1 aliphatic heterocycles. The van der Waals surface area contributed by atoms with E-state index in [1.54, 1.807) is 7.11 Å². The predicted octanol–water partition coefficient (Wildman–Crippen LogP) is 5.11. The lowest BCUT2D eigenvalue weighted by Crippen LogP contribution is -2.38. The van der Waals surface area contributed by atoms with Crippen LogP contribution in [0.25, 0.3) is 10.9 Å². The first kappa shape index (κ1) is 20.6. The van der Waals surface area contributed by atoms with Gasteiger partial charge in [0.25, 0.3) is 0 Å². The molecule has 1 fully saturated rings. The van der Waals surface area contributed by atoms with Crippen molar-refractivity contribution in [2.24, 2.45) is 0 Å². The van der Waals surface area contributed by atoms with Gasteiger partial charge in [-0.25, -0.2) is 0 Å². The zero-order chi connectivity index (χ0) is 20.9. The van der Waals surface area contributed by atoms with Crippen LogP contribution in [-0.4, -0.2) is 42.3 Å². The highest BCUT2D eigenvalue weighted by molar-refractivity contribution is 6.30. The second kappa shape index (κ2) is 9.42. The summed E-state index contributed by atoms with van der Waals surface area (Å²) in [5.41, 5.74) is 1.70. The van der Waals surface area contributed by atoms with Crippen molar-refractivity contribution in [2.45, 2.75) is 31.9 Å². The molecule has 0 N–H and O–H groups in total. The number of nitrogens with zero attached hydrogens (tertiary/aromatic N) is 3. The van der Waals surface area contributed by atoms with Gasteiger partial charge >= 0.3 is 0 Å². The Balaban J connectivity index is 1.30. The molecule has 0 bridgehead atoms. The van der Waals surface area contributed by atoms with Crippen LogP contribution < -0.4 is 9.47 Å². The molecule has 0 spiro atoms. The van der Waals surface area contributed by atoms with E-state index in [0.717, 1.165) is 67.8 Å². The maximum absolute atomic E-state index is 9.46. The van der Waals surface area contributed by atoms with Crippen LogP contribution in [0.3, 0.4) is 0 Å². The lowest BCUT2D eigenvalue weighted by molar-refractivity contribution is 0.0993. The summed E-state index contributed by atoms with van der Waals surface area (Å²) in [6.07, 6.45) is 5.25. The quantitative estimate of drug-likeness (QED) is 0.530. The minimum atomic E-state index is 0.246. The van der Waals surface area contributed by atoms with E-state index >= 15 is 0 Å². The van der Waals surface area contributed by atoms with E-state index in [1.807, 2.05) is 48.7 Å². The number of ether oxygens (including phenoxy) is 2. The SMILES string of the molecule is COc1cccc2c(C#N)cn(CCCN3CCC(Oc4cccc(Cl)c4)CC3)c12.